The van der Waals surface area contributed by atoms with Crippen molar-refractivity contribution < 1.29 is 14.6 Å². The maximum atomic E-state index is 11.0. The highest BCUT2D eigenvalue weighted by Crippen LogP contribution is 2.27. The molecule has 0 bridgehead atoms. The normalized spacial score (nSPS) is 22.4. The average molecular weight is 264 g/mol. The molecule has 0 radical (unpaired) electrons. The fraction of sp³-hybridized carbons (Fsp3) is 0.500. The number of ether oxygens (including phenoxy) is 1. The zero-order chi connectivity index (χ0) is 13.8. The smallest absolute Gasteiger partial charge is 0.337 e. The van der Waals surface area contributed by atoms with E-state index in [0.29, 0.717) is 17.3 Å². The van der Waals surface area contributed by atoms with Gasteiger partial charge in [-0.05, 0) is 25.0 Å². The van der Waals surface area contributed by atoms with Gasteiger partial charge in [-0.2, -0.15) is 0 Å². The van der Waals surface area contributed by atoms with Gasteiger partial charge in [0.2, 0.25) is 0 Å². The van der Waals surface area contributed by atoms with E-state index in [9.17, 15) is 4.79 Å². The summed E-state index contributed by atoms with van der Waals surface area (Å²) in [7, 11) is 0. The summed E-state index contributed by atoms with van der Waals surface area (Å²) < 4.78 is 5.63. The minimum atomic E-state index is -1.00. The first-order chi connectivity index (χ1) is 9.13. The molecule has 0 amide bonds. The van der Waals surface area contributed by atoms with E-state index >= 15 is 0 Å². The molecule has 2 rings (SSSR count). The van der Waals surface area contributed by atoms with Crippen molar-refractivity contribution in [1.82, 2.24) is 0 Å². The van der Waals surface area contributed by atoms with Gasteiger partial charge in [-0.25, -0.2) is 4.79 Å². The second-order valence-electron chi connectivity index (χ2n) is 4.82. The second kappa shape index (κ2) is 5.93. The molecule has 0 aromatic heterocycles. The van der Waals surface area contributed by atoms with Crippen LogP contribution in [0, 0.1) is 5.92 Å². The van der Waals surface area contributed by atoms with Crippen molar-refractivity contribution in [2.75, 3.05) is 24.2 Å². The van der Waals surface area contributed by atoms with Gasteiger partial charge < -0.3 is 20.9 Å². The van der Waals surface area contributed by atoms with Crippen molar-refractivity contribution in [3.8, 4) is 0 Å². The lowest BCUT2D eigenvalue weighted by molar-refractivity contribution is 0.0698. The van der Waals surface area contributed by atoms with Crippen LogP contribution in [0.5, 0.6) is 0 Å². The van der Waals surface area contributed by atoms with E-state index in [0.717, 1.165) is 26.0 Å². The number of nitrogen functional groups attached to an aromatic ring is 1. The van der Waals surface area contributed by atoms with Crippen LogP contribution in [-0.4, -0.2) is 30.3 Å². The van der Waals surface area contributed by atoms with Gasteiger partial charge in [0.15, 0.2) is 0 Å². The van der Waals surface area contributed by atoms with Crippen LogP contribution in [0.3, 0.4) is 0 Å². The Kier molecular flexibility index (Phi) is 4.27. The maximum absolute atomic E-state index is 11.0. The minimum absolute atomic E-state index is 0.139. The highest BCUT2D eigenvalue weighted by molar-refractivity contribution is 5.97. The predicted octanol–water partition coefficient (Wildman–Crippen LogP) is 2.19. The highest BCUT2D eigenvalue weighted by Gasteiger charge is 2.26. The Morgan fingerprint density at radius 2 is 2.37 bits per heavy atom. The van der Waals surface area contributed by atoms with Crippen molar-refractivity contribution in [3.05, 3.63) is 23.8 Å². The lowest BCUT2D eigenvalue weighted by atomic mass is 9.99. The van der Waals surface area contributed by atoms with Crippen LogP contribution in [0.15, 0.2) is 18.2 Å². The van der Waals surface area contributed by atoms with Gasteiger partial charge >= 0.3 is 5.97 Å². The van der Waals surface area contributed by atoms with Gasteiger partial charge in [0, 0.05) is 19.1 Å². The Morgan fingerprint density at radius 1 is 1.58 bits per heavy atom. The Balaban J connectivity index is 2.03. The molecular formula is C14H20N2O3. The molecule has 5 nitrogen and oxygen atoms in total. The van der Waals surface area contributed by atoms with Crippen molar-refractivity contribution in [3.63, 3.8) is 0 Å². The molecule has 1 aromatic carbocycles. The topological polar surface area (TPSA) is 84.6 Å². The predicted molar refractivity (Wildman–Crippen MR) is 74.4 cm³/mol. The van der Waals surface area contributed by atoms with Gasteiger partial charge in [0.1, 0.15) is 0 Å². The number of hydrogen-bond donors (Lipinski definition) is 3. The molecule has 0 spiro atoms. The number of hydrogen-bond acceptors (Lipinski definition) is 4. The number of rotatable bonds is 5. The Bertz CT molecular complexity index is 462. The third-order valence-electron chi connectivity index (χ3n) is 3.64. The van der Waals surface area contributed by atoms with Crippen LogP contribution in [0.1, 0.15) is 30.1 Å². The van der Waals surface area contributed by atoms with E-state index in [-0.39, 0.29) is 11.7 Å². The molecular weight excluding hydrogens is 244 g/mol. The van der Waals surface area contributed by atoms with Gasteiger partial charge in [-0.15, -0.1) is 0 Å². The fourth-order valence-corrected chi connectivity index (χ4v) is 2.52. The highest BCUT2D eigenvalue weighted by atomic mass is 16.5. The molecule has 1 heterocycles. The van der Waals surface area contributed by atoms with Crippen LogP contribution < -0.4 is 11.1 Å². The Labute approximate surface area is 112 Å². The molecule has 1 fully saturated rings. The number of nitrogens with two attached hydrogens (primary N) is 1. The van der Waals surface area contributed by atoms with Gasteiger partial charge in [0.05, 0.1) is 23.0 Å². The van der Waals surface area contributed by atoms with E-state index in [2.05, 4.69) is 12.2 Å². The van der Waals surface area contributed by atoms with Crippen LogP contribution >= 0.6 is 0 Å². The van der Waals surface area contributed by atoms with E-state index < -0.39 is 5.97 Å². The van der Waals surface area contributed by atoms with Crippen LogP contribution in [-0.2, 0) is 4.74 Å². The summed E-state index contributed by atoms with van der Waals surface area (Å²) in [6.45, 7) is 3.67. The first-order valence-corrected chi connectivity index (χ1v) is 6.60. The van der Waals surface area contributed by atoms with Crippen LogP contribution in [0.2, 0.25) is 0 Å². The summed E-state index contributed by atoms with van der Waals surface area (Å²) in [5, 5.41) is 12.3. The van der Waals surface area contributed by atoms with Crippen molar-refractivity contribution in [2.45, 2.75) is 25.9 Å². The first kappa shape index (κ1) is 13.7. The van der Waals surface area contributed by atoms with Crippen molar-refractivity contribution >= 4 is 17.3 Å². The lowest BCUT2D eigenvalue weighted by Crippen LogP contribution is -2.23. The molecule has 4 N–H and O–H groups in total. The fourth-order valence-electron chi connectivity index (χ4n) is 2.52. The van der Waals surface area contributed by atoms with E-state index in [1.54, 1.807) is 12.1 Å². The quantitative estimate of drug-likeness (QED) is 0.710. The zero-order valence-corrected chi connectivity index (χ0v) is 11.1. The number of benzene rings is 1. The van der Waals surface area contributed by atoms with Gasteiger partial charge in [0.25, 0.3) is 0 Å². The van der Waals surface area contributed by atoms with Crippen molar-refractivity contribution in [1.29, 1.82) is 0 Å². The third-order valence-corrected chi connectivity index (χ3v) is 3.64. The van der Waals surface area contributed by atoms with E-state index in [1.807, 2.05) is 0 Å². The summed E-state index contributed by atoms with van der Waals surface area (Å²) in [5.41, 5.74) is 6.98. The van der Waals surface area contributed by atoms with Crippen molar-refractivity contribution in [2.24, 2.45) is 5.92 Å². The molecule has 1 aromatic rings. The maximum Gasteiger partial charge on any atom is 0.337 e. The summed E-state index contributed by atoms with van der Waals surface area (Å²) >= 11 is 0. The Morgan fingerprint density at radius 3 is 3.05 bits per heavy atom. The monoisotopic (exact) mass is 264 g/mol. The number of nitrogens with one attached hydrogen (secondary N) is 1. The number of para-hydroxylation sites is 1. The minimum Gasteiger partial charge on any atom is -0.478 e. The summed E-state index contributed by atoms with van der Waals surface area (Å²) in [6, 6.07) is 5.01. The molecule has 5 heteroatoms. The third kappa shape index (κ3) is 2.98. The molecule has 1 aliphatic rings. The lowest BCUT2D eigenvalue weighted by Gasteiger charge is -2.19. The summed E-state index contributed by atoms with van der Waals surface area (Å²) in [4.78, 5) is 11.0. The number of carbonyl (C=O) groups is 1. The molecule has 2 atom stereocenters. The Hall–Kier alpha value is -1.75. The number of aromatic carboxylic acids is 1. The van der Waals surface area contributed by atoms with Crippen LogP contribution in [0.25, 0.3) is 0 Å². The molecule has 104 valence electrons. The standard InChI is InChI=1S/C14H20N2O3/c1-2-12-9(6-7-19-12)8-16-11-5-3-4-10(13(11)15)14(17)18/h3-5,9,12,16H,2,6-8,15H2,1H3,(H,17,18). The zero-order valence-electron chi connectivity index (χ0n) is 11.1. The van der Waals surface area contributed by atoms with E-state index in [1.165, 1.54) is 6.07 Å². The molecule has 0 aliphatic carbocycles. The molecule has 1 aliphatic heterocycles. The number of carboxylic acids is 1. The SMILES string of the molecule is CCC1OCCC1CNc1cccc(C(=O)O)c1N. The largest absolute Gasteiger partial charge is 0.478 e. The van der Waals surface area contributed by atoms with E-state index in [4.69, 9.17) is 15.6 Å². The average Bonchev–Trinajstić information content (AvgIpc) is 2.84. The van der Waals surface area contributed by atoms with Crippen LogP contribution in [0.4, 0.5) is 11.4 Å². The number of anilines is 2. The summed E-state index contributed by atoms with van der Waals surface area (Å²) in [5.74, 6) is -0.547. The second-order valence-corrected chi connectivity index (χ2v) is 4.82. The molecule has 2 unspecified atom stereocenters. The van der Waals surface area contributed by atoms with Gasteiger partial charge in [-0.3, -0.25) is 0 Å². The summed E-state index contributed by atoms with van der Waals surface area (Å²) in [6.07, 6.45) is 2.32. The first-order valence-electron chi connectivity index (χ1n) is 6.60. The molecule has 1 saturated heterocycles. The number of carboxylic acid groups (broad SMARTS) is 1. The molecule has 0 saturated carbocycles. The van der Waals surface area contributed by atoms with Gasteiger partial charge in [-0.1, -0.05) is 13.0 Å². The molecule has 19 heavy (non-hydrogen) atoms.